The van der Waals surface area contributed by atoms with Gasteiger partial charge in [0.15, 0.2) is 0 Å². The van der Waals surface area contributed by atoms with E-state index < -0.39 is 5.41 Å². The lowest BCUT2D eigenvalue weighted by Gasteiger charge is -2.44. The molecule has 0 aromatic heterocycles. The van der Waals surface area contributed by atoms with Crippen molar-refractivity contribution in [3.63, 3.8) is 0 Å². The van der Waals surface area contributed by atoms with E-state index in [0.29, 0.717) is 4.99 Å². The first-order valence-corrected chi connectivity index (χ1v) is 6.77. The van der Waals surface area contributed by atoms with Gasteiger partial charge in [-0.2, -0.15) is 0 Å². The number of hydrogen-bond acceptors (Lipinski definition) is 3. The maximum atomic E-state index is 12.6. The van der Waals surface area contributed by atoms with Crippen LogP contribution >= 0.6 is 12.2 Å². The standard InChI is InChI=1S/C12H18N2O2S/c13-10(17)12(4-1-5-12)11(15)14-6-8-2-3-9(7-14)16-8/h8-9H,1-7H2,(H2,13,17). The molecule has 1 saturated carbocycles. The molecule has 4 nitrogen and oxygen atoms in total. The number of morpholine rings is 1. The summed E-state index contributed by atoms with van der Waals surface area (Å²) in [6.07, 6.45) is 5.34. The Kier molecular flexibility index (Phi) is 2.63. The summed E-state index contributed by atoms with van der Waals surface area (Å²) in [4.78, 5) is 14.9. The van der Waals surface area contributed by atoms with Crippen LogP contribution in [0, 0.1) is 5.41 Å². The summed E-state index contributed by atoms with van der Waals surface area (Å²) in [5.74, 6) is 0.149. The van der Waals surface area contributed by atoms with E-state index in [1.165, 1.54) is 0 Å². The van der Waals surface area contributed by atoms with Crippen LogP contribution in [0.2, 0.25) is 0 Å². The van der Waals surface area contributed by atoms with Gasteiger partial charge in [0.2, 0.25) is 5.91 Å². The molecule has 1 aliphatic carbocycles. The molecule has 2 unspecified atom stereocenters. The largest absolute Gasteiger partial charge is 0.392 e. The maximum Gasteiger partial charge on any atom is 0.235 e. The van der Waals surface area contributed by atoms with Gasteiger partial charge < -0.3 is 15.4 Å². The Morgan fingerprint density at radius 2 is 1.88 bits per heavy atom. The smallest absolute Gasteiger partial charge is 0.235 e. The number of carbonyl (C=O) groups is 1. The summed E-state index contributed by atoms with van der Waals surface area (Å²) in [7, 11) is 0. The summed E-state index contributed by atoms with van der Waals surface area (Å²) >= 11 is 5.10. The Morgan fingerprint density at radius 3 is 2.29 bits per heavy atom. The third kappa shape index (κ3) is 1.67. The number of ether oxygens (including phenoxy) is 1. The molecule has 3 rings (SSSR count). The van der Waals surface area contributed by atoms with Gasteiger partial charge in [0, 0.05) is 13.1 Å². The van der Waals surface area contributed by atoms with Crippen molar-refractivity contribution in [1.82, 2.24) is 4.90 Å². The Morgan fingerprint density at radius 1 is 1.29 bits per heavy atom. The molecule has 0 spiro atoms. The van der Waals surface area contributed by atoms with Gasteiger partial charge in [-0.3, -0.25) is 4.79 Å². The van der Waals surface area contributed by atoms with Gasteiger partial charge in [-0.25, -0.2) is 0 Å². The predicted molar refractivity (Wildman–Crippen MR) is 67.5 cm³/mol. The van der Waals surface area contributed by atoms with Crippen molar-refractivity contribution in [3.05, 3.63) is 0 Å². The fourth-order valence-corrected chi connectivity index (χ4v) is 3.47. The minimum atomic E-state index is -0.522. The molecule has 5 heteroatoms. The van der Waals surface area contributed by atoms with E-state index in [-0.39, 0.29) is 18.1 Å². The molecule has 1 amide bonds. The number of thiocarbonyl (C=S) groups is 1. The summed E-state index contributed by atoms with van der Waals surface area (Å²) < 4.78 is 5.74. The van der Waals surface area contributed by atoms with Gasteiger partial charge >= 0.3 is 0 Å². The zero-order valence-electron chi connectivity index (χ0n) is 9.85. The van der Waals surface area contributed by atoms with Gasteiger partial charge in [0.1, 0.15) is 0 Å². The summed E-state index contributed by atoms with van der Waals surface area (Å²) in [5.41, 5.74) is 5.26. The van der Waals surface area contributed by atoms with Gasteiger partial charge in [0.25, 0.3) is 0 Å². The molecule has 3 fully saturated rings. The first kappa shape index (κ1) is 11.4. The second kappa shape index (κ2) is 3.92. The molecule has 2 heterocycles. The monoisotopic (exact) mass is 254 g/mol. The molecule has 17 heavy (non-hydrogen) atoms. The fourth-order valence-electron chi connectivity index (χ4n) is 3.18. The second-order valence-electron chi connectivity index (χ2n) is 5.47. The first-order valence-electron chi connectivity index (χ1n) is 6.36. The Hall–Kier alpha value is -0.680. The van der Waals surface area contributed by atoms with E-state index in [1.54, 1.807) is 0 Å². The minimum Gasteiger partial charge on any atom is -0.392 e. The summed E-state index contributed by atoms with van der Waals surface area (Å²) in [5, 5.41) is 0. The topological polar surface area (TPSA) is 55.6 Å². The van der Waals surface area contributed by atoms with Crippen LogP contribution in [0.5, 0.6) is 0 Å². The summed E-state index contributed by atoms with van der Waals surface area (Å²) in [6.45, 7) is 1.44. The average molecular weight is 254 g/mol. The highest BCUT2D eigenvalue weighted by atomic mass is 32.1. The highest BCUT2D eigenvalue weighted by Gasteiger charge is 2.50. The van der Waals surface area contributed by atoms with E-state index in [9.17, 15) is 4.79 Å². The highest BCUT2D eigenvalue weighted by molar-refractivity contribution is 7.80. The number of fused-ring (bicyclic) bond motifs is 2. The predicted octanol–water partition coefficient (Wildman–Crippen LogP) is 0.833. The molecule has 2 saturated heterocycles. The second-order valence-corrected chi connectivity index (χ2v) is 5.91. The molecular weight excluding hydrogens is 236 g/mol. The van der Waals surface area contributed by atoms with Gasteiger partial charge in [0.05, 0.1) is 22.6 Å². The molecule has 2 bridgehead atoms. The van der Waals surface area contributed by atoms with Crippen LogP contribution in [0.4, 0.5) is 0 Å². The minimum absolute atomic E-state index is 0.149. The Balaban J connectivity index is 1.76. The highest BCUT2D eigenvalue weighted by Crippen LogP contribution is 2.43. The van der Waals surface area contributed by atoms with E-state index in [4.69, 9.17) is 22.7 Å². The number of amides is 1. The fraction of sp³-hybridized carbons (Fsp3) is 0.833. The normalized spacial score (nSPS) is 34.2. The van der Waals surface area contributed by atoms with Crippen LogP contribution in [-0.4, -0.2) is 41.1 Å². The Labute approximate surface area is 106 Å². The molecule has 2 atom stereocenters. The number of nitrogens with two attached hydrogens (primary N) is 1. The number of rotatable bonds is 2. The van der Waals surface area contributed by atoms with Crippen molar-refractivity contribution in [2.24, 2.45) is 11.1 Å². The van der Waals surface area contributed by atoms with Crippen LogP contribution in [0.3, 0.4) is 0 Å². The molecule has 0 aromatic carbocycles. The van der Waals surface area contributed by atoms with Gasteiger partial charge in [-0.1, -0.05) is 18.6 Å². The number of nitrogens with zero attached hydrogens (tertiary/aromatic N) is 1. The van der Waals surface area contributed by atoms with Crippen molar-refractivity contribution >= 4 is 23.1 Å². The molecular formula is C12H18N2O2S. The average Bonchev–Trinajstić information content (AvgIpc) is 2.55. The number of hydrogen-bond donors (Lipinski definition) is 1. The molecule has 0 radical (unpaired) electrons. The van der Waals surface area contributed by atoms with Crippen LogP contribution in [0.1, 0.15) is 32.1 Å². The molecule has 94 valence electrons. The maximum absolute atomic E-state index is 12.6. The van der Waals surface area contributed by atoms with Crippen molar-refractivity contribution in [2.75, 3.05) is 13.1 Å². The van der Waals surface area contributed by atoms with Gasteiger partial charge in [-0.15, -0.1) is 0 Å². The van der Waals surface area contributed by atoms with E-state index >= 15 is 0 Å². The summed E-state index contributed by atoms with van der Waals surface area (Å²) in [6, 6.07) is 0. The lowest BCUT2D eigenvalue weighted by atomic mass is 9.67. The molecule has 2 N–H and O–H groups in total. The first-order chi connectivity index (χ1) is 8.12. The van der Waals surface area contributed by atoms with Crippen molar-refractivity contribution in [1.29, 1.82) is 0 Å². The zero-order valence-corrected chi connectivity index (χ0v) is 10.7. The van der Waals surface area contributed by atoms with Crippen LogP contribution in [0.15, 0.2) is 0 Å². The Bertz CT molecular complexity index is 356. The van der Waals surface area contributed by atoms with E-state index in [0.717, 1.165) is 45.2 Å². The number of carbonyl (C=O) groups excluding carboxylic acids is 1. The molecule has 0 aromatic rings. The molecule has 2 aliphatic heterocycles. The van der Waals surface area contributed by atoms with Crippen molar-refractivity contribution in [3.8, 4) is 0 Å². The third-order valence-electron chi connectivity index (χ3n) is 4.42. The lowest BCUT2D eigenvalue weighted by Crippen LogP contribution is -2.58. The van der Waals surface area contributed by atoms with E-state index in [1.807, 2.05) is 4.90 Å². The SMILES string of the molecule is NC(=S)C1(C(=O)N2CC3CCC(C2)O3)CCC1. The van der Waals surface area contributed by atoms with E-state index in [2.05, 4.69) is 0 Å². The van der Waals surface area contributed by atoms with Crippen LogP contribution < -0.4 is 5.73 Å². The van der Waals surface area contributed by atoms with Crippen LogP contribution in [0.25, 0.3) is 0 Å². The van der Waals surface area contributed by atoms with Crippen molar-refractivity contribution in [2.45, 2.75) is 44.3 Å². The quantitative estimate of drug-likeness (QED) is 0.742. The van der Waals surface area contributed by atoms with Crippen LogP contribution in [-0.2, 0) is 9.53 Å². The van der Waals surface area contributed by atoms with Gasteiger partial charge in [-0.05, 0) is 25.7 Å². The van der Waals surface area contributed by atoms with Crippen molar-refractivity contribution < 1.29 is 9.53 Å². The molecule has 3 aliphatic rings. The lowest BCUT2D eigenvalue weighted by molar-refractivity contribution is -0.150. The number of likely N-dealkylation sites (tertiary alicyclic amines) is 1. The third-order valence-corrected chi connectivity index (χ3v) is 4.81. The zero-order chi connectivity index (χ0) is 12.0.